The van der Waals surface area contributed by atoms with E-state index in [2.05, 4.69) is 15.2 Å². The van der Waals surface area contributed by atoms with Crippen LogP contribution in [0.25, 0.3) is 10.9 Å². The van der Waals surface area contributed by atoms with Gasteiger partial charge < -0.3 is 15.1 Å². The summed E-state index contributed by atoms with van der Waals surface area (Å²) < 4.78 is 0. The number of aromatic nitrogens is 1. The number of halogens is 1. The Bertz CT molecular complexity index is 757. The van der Waals surface area contributed by atoms with Crippen molar-refractivity contribution in [3.05, 3.63) is 35.5 Å². The molecule has 1 aliphatic rings. The minimum atomic E-state index is -0.567. The second kappa shape index (κ2) is 6.42. The van der Waals surface area contributed by atoms with Crippen molar-refractivity contribution in [2.45, 2.75) is 0 Å². The number of fused-ring (bicyclic) bond motifs is 1. The minimum absolute atomic E-state index is 0.474. The summed E-state index contributed by atoms with van der Waals surface area (Å²) >= 11 is 6.02. The highest BCUT2D eigenvalue weighted by Gasteiger charge is 2.25. The molecule has 7 heteroatoms. The SMILES string of the molecule is CNC(=O)C(=O)N1CCN(c2ccnc3cc(Cl)ccc23)CC1. The van der Waals surface area contributed by atoms with Crippen molar-refractivity contribution < 1.29 is 9.59 Å². The fourth-order valence-electron chi connectivity index (χ4n) is 2.78. The van der Waals surface area contributed by atoms with Crippen molar-refractivity contribution in [3.63, 3.8) is 0 Å². The number of hydrogen-bond acceptors (Lipinski definition) is 4. The summed E-state index contributed by atoms with van der Waals surface area (Å²) in [5, 5.41) is 4.06. The van der Waals surface area contributed by atoms with E-state index in [-0.39, 0.29) is 0 Å². The molecular weight excluding hydrogens is 316 g/mol. The maximum absolute atomic E-state index is 11.9. The number of nitrogens with zero attached hydrogens (tertiary/aromatic N) is 3. The van der Waals surface area contributed by atoms with Crippen LogP contribution in [0.4, 0.5) is 5.69 Å². The van der Waals surface area contributed by atoms with E-state index in [1.807, 2.05) is 24.3 Å². The highest BCUT2D eigenvalue weighted by Crippen LogP contribution is 2.28. The molecule has 0 radical (unpaired) electrons. The van der Waals surface area contributed by atoms with Crippen molar-refractivity contribution in [1.82, 2.24) is 15.2 Å². The van der Waals surface area contributed by atoms with Gasteiger partial charge >= 0.3 is 11.8 Å². The lowest BCUT2D eigenvalue weighted by atomic mass is 10.1. The molecule has 2 amide bonds. The Morgan fingerprint density at radius 1 is 1.17 bits per heavy atom. The molecule has 1 aromatic heterocycles. The van der Waals surface area contributed by atoms with Gasteiger partial charge in [-0.15, -0.1) is 0 Å². The smallest absolute Gasteiger partial charge is 0.311 e. The van der Waals surface area contributed by atoms with Crippen molar-refractivity contribution >= 4 is 40.0 Å². The van der Waals surface area contributed by atoms with Gasteiger partial charge in [-0.3, -0.25) is 14.6 Å². The topological polar surface area (TPSA) is 65.5 Å². The first-order chi connectivity index (χ1) is 11.1. The molecular formula is C16H17ClN4O2. The van der Waals surface area contributed by atoms with E-state index >= 15 is 0 Å². The van der Waals surface area contributed by atoms with Crippen LogP contribution >= 0.6 is 11.6 Å². The highest BCUT2D eigenvalue weighted by molar-refractivity contribution is 6.35. The minimum Gasteiger partial charge on any atom is -0.367 e. The van der Waals surface area contributed by atoms with E-state index in [0.717, 1.165) is 16.6 Å². The number of likely N-dealkylation sites (N-methyl/N-ethyl adjacent to an activating group) is 1. The quantitative estimate of drug-likeness (QED) is 0.799. The molecule has 2 heterocycles. The number of benzene rings is 1. The molecule has 0 saturated carbocycles. The monoisotopic (exact) mass is 332 g/mol. The number of amides is 2. The van der Waals surface area contributed by atoms with Crippen LogP contribution in [0, 0.1) is 0 Å². The molecule has 1 fully saturated rings. The summed E-state index contributed by atoms with van der Waals surface area (Å²) in [6, 6.07) is 7.61. The summed E-state index contributed by atoms with van der Waals surface area (Å²) in [6.45, 7) is 2.38. The van der Waals surface area contributed by atoms with Crippen molar-refractivity contribution in [1.29, 1.82) is 0 Å². The van der Waals surface area contributed by atoms with Crippen LogP contribution < -0.4 is 10.2 Å². The van der Waals surface area contributed by atoms with Crippen molar-refractivity contribution in [3.8, 4) is 0 Å². The van der Waals surface area contributed by atoms with Crippen molar-refractivity contribution in [2.24, 2.45) is 0 Å². The number of hydrogen-bond donors (Lipinski definition) is 1. The van der Waals surface area contributed by atoms with Crippen LogP contribution in [0.3, 0.4) is 0 Å². The van der Waals surface area contributed by atoms with Crippen LogP contribution in [0.2, 0.25) is 5.02 Å². The third-order valence-electron chi connectivity index (χ3n) is 4.01. The number of piperazine rings is 1. The van der Waals surface area contributed by atoms with Gasteiger partial charge in [0.2, 0.25) is 0 Å². The van der Waals surface area contributed by atoms with Crippen LogP contribution in [-0.4, -0.2) is 54.9 Å². The average Bonchev–Trinajstić information content (AvgIpc) is 2.59. The molecule has 3 rings (SSSR count). The van der Waals surface area contributed by atoms with E-state index in [1.165, 1.54) is 7.05 Å². The molecule has 6 nitrogen and oxygen atoms in total. The fraction of sp³-hybridized carbons (Fsp3) is 0.312. The Morgan fingerprint density at radius 3 is 2.61 bits per heavy atom. The fourth-order valence-corrected chi connectivity index (χ4v) is 2.95. The Morgan fingerprint density at radius 2 is 1.91 bits per heavy atom. The van der Waals surface area contributed by atoms with E-state index in [0.29, 0.717) is 31.2 Å². The lowest BCUT2D eigenvalue weighted by molar-refractivity contribution is -0.145. The van der Waals surface area contributed by atoms with Gasteiger partial charge in [0.1, 0.15) is 0 Å². The second-order valence-corrected chi connectivity index (χ2v) is 5.79. The number of anilines is 1. The second-order valence-electron chi connectivity index (χ2n) is 5.35. The lowest BCUT2D eigenvalue weighted by Crippen LogP contribution is -2.52. The van der Waals surface area contributed by atoms with Crippen LogP contribution in [0.1, 0.15) is 0 Å². The predicted octanol–water partition coefficient (Wildman–Crippen LogP) is 1.28. The Hall–Kier alpha value is -2.34. The molecule has 1 aliphatic heterocycles. The number of carbonyl (C=O) groups excluding carboxylic acids is 2. The van der Waals surface area contributed by atoms with Crippen LogP contribution in [0.15, 0.2) is 30.5 Å². The molecule has 0 aliphatic carbocycles. The van der Waals surface area contributed by atoms with E-state index in [1.54, 1.807) is 11.1 Å². The standard InChI is InChI=1S/C16H17ClN4O2/c1-18-15(22)16(23)21-8-6-20(7-9-21)14-4-5-19-13-10-11(17)2-3-12(13)14/h2-5,10H,6-9H2,1H3,(H,18,22). The van der Waals surface area contributed by atoms with Gasteiger partial charge in [0.15, 0.2) is 0 Å². The molecule has 0 unspecified atom stereocenters. The van der Waals surface area contributed by atoms with Crippen LogP contribution in [-0.2, 0) is 9.59 Å². The van der Waals surface area contributed by atoms with Gasteiger partial charge in [0.25, 0.3) is 0 Å². The first-order valence-electron chi connectivity index (χ1n) is 7.40. The summed E-state index contributed by atoms with van der Waals surface area (Å²) in [6.07, 6.45) is 1.76. The van der Waals surface area contributed by atoms with E-state index < -0.39 is 11.8 Å². The molecule has 1 saturated heterocycles. The maximum Gasteiger partial charge on any atom is 0.311 e. The number of rotatable bonds is 1. The molecule has 1 aromatic carbocycles. The van der Waals surface area contributed by atoms with E-state index in [9.17, 15) is 9.59 Å². The first kappa shape index (κ1) is 15.6. The zero-order valence-corrected chi connectivity index (χ0v) is 13.5. The van der Waals surface area contributed by atoms with Gasteiger partial charge in [0.05, 0.1) is 5.52 Å². The summed E-state index contributed by atoms with van der Waals surface area (Å²) in [5.41, 5.74) is 1.91. The van der Waals surface area contributed by atoms with Gasteiger partial charge in [-0.2, -0.15) is 0 Å². The van der Waals surface area contributed by atoms with Crippen molar-refractivity contribution in [2.75, 3.05) is 38.1 Å². The molecule has 23 heavy (non-hydrogen) atoms. The van der Waals surface area contributed by atoms with Gasteiger partial charge in [-0.1, -0.05) is 11.6 Å². The largest absolute Gasteiger partial charge is 0.367 e. The number of nitrogens with one attached hydrogen (secondary N) is 1. The Labute approximate surface area is 139 Å². The third-order valence-corrected chi connectivity index (χ3v) is 4.25. The average molecular weight is 333 g/mol. The molecule has 1 N–H and O–H groups in total. The summed E-state index contributed by atoms with van der Waals surface area (Å²) in [7, 11) is 1.46. The zero-order valence-electron chi connectivity index (χ0n) is 12.8. The van der Waals surface area contributed by atoms with E-state index in [4.69, 9.17) is 11.6 Å². The number of carbonyl (C=O) groups is 2. The Balaban J connectivity index is 1.78. The van der Waals surface area contributed by atoms with Crippen LogP contribution in [0.5, 0.6) is 0 Å². The molecule has 0 spiro atoms. The van der Waals surface area contributed by atoms with Gasteiger partial charge in [-0.25, -0.2) is 0 Å². The predicted molar refractivity (Wildman–Crippen MR) is 89.6 cm³/mol. The molecule has 2 aromatic rings. The Kier molecular flexibility index (Phi) is 4.34. The third kappa shape index (κ3) is 3.07. The highest BCUT2D eigenvalue weighted by atomic mass is 35.5. The lowest BCUT2D eigenvalue weighted by Gasteiger charge is -2.36. The molecule has 0 atom stereocenters. The van der Waals surface area contributed by atoms with Gasteiger partial charge in [0, 0.05) is 55.5 Å². The number of pyridine rings is 1. The first-order valence-corrected chi connectivity index (χ1v) is 7.78. The normalized spacial score (nSPS) is 14.9. The molecule has 120 valence electrons. The zero-order chi connectivity index (χ0) is 16.4. The molecule has 0 bridgehead atoms. The maximum atomic E-state index is 11.9. The summed E-state index contributed by atoms with van der Waals surface area (Å²) in [4.78, 5) is 31.5. The van der Waals surface area contributed by atoms with Gasteiger partial charge in [-0.05, 0) is 24.3 Å². The summed E-state index contributed by atoms with van der Waals surface area (Å²) in [5.74, 6) is -1.04.